The zero-order valence-electron chi connectivity index (χ0n) is 42.7. The molecule has 0 amide bonds. The average molecular weight is 1090 g/mol. The van der Waals surface area contributed by atoms with Crippen LogP contribution >= 0.6 is 0 Å². The topological polar surface area (TPSA) is 262 Å². The van der Waals surface area contributed by atoms with Crippen LogP contribution in [0.5, 0.6) is 34.8 Å². The molecule has 0 aliphatic heterocycles. The van der Waals surface area contributed by atoms with Crippen LogP contribution in [0.15, 0.2) is 97.6 Å². The summed E-state index contributed by atoms with van der Waals surface area (Å²) in [6.07, 6.45) is 4.01. The van der Waals surface area contributed by atoms with Gasteiger partial charge in [-0.3, -0.25) is 9.13 Å². The Morgan fingerprint density at radius 2 is 0.829 bits per heavy atom. The van der Waals surface area contributed by atoms with E-state index in [1.165, 1.54) is 28.4 Å². The van der Waals surface area contributed by atoms with Crippen molar-refractivity contribution < 1.29 is 54.0 Å². The van der Waals surface area contributed by atoms with Crippen LogP contribution in [0.25, 0.3) is 34.4 Å². The fourth-order valence-corrected chi connectivity index (χ4v) is 10.0. The van der Waals surface area contributed by atoms with Gasteiger partial charge in [0.05, 0.1) is 76.9 Å². The molecule has 0 radical (unpaired) electrons. The number of aromatic nitrogens is 12. The molecular formula is C50H54F2N12O10S2. The van der Waals surface area contributed by atoms with Crippen LogP contribution in [-0.4, -0.2) is 128 Å². The standard InChI is InChI=1S/2C25H27FN6O5S/c2*1-5-37-23-11-6-8-18(29-23)25-31-30-22(32(25)24-19(35-3)9-7-10-20(24)36-4)15-38(33,34)16(2)12-21-27-13-17(26)14-28-21/h2*6-11,13-14,16H,5,12,15H2,1-4H3/t2*16-/m10/s1. The van der Waals surface area contributed by atoms with Crippen molar-refractivity contribution >= 4 is 19.7 Å². The Morgan fingerprint density at radius 1 is 0.500 bits per heavy atom. The maximum Gasteiger partial charge on any atom is 0.213 e. The van der Waals surface area contributed by atoms with Gasteiger partial charge in [-0.05, 0) is 64.1 Å². The van der Waals surface area contributed by atoms with Crippen molar-refractivity contribution in [3.63, 3.8) is 0 Å². The van der Waals surface area contributed by atoms with Crippen molar-refractivity contribution in [2.45, 2.75) is 62.5 Å². The number of hydrogen-bond acceptors (Lipinski definition) is 20. The molecule has 76 heavy (non-hydrogen) atoms. The molecule has 0 aliphatic carbocycles. The summed E-state index contributed by atoms with van der Waals surface area (Å²) in [5.41, 5.74) is 1.65. The third-order valence-corrected chi connectivity index (χ3v) is 15.5. The summed E-state index contributed by atoms with van der Waals surface area (Å²) in [5.74, 6) is 1.52. The van der Waals surface area contributed by atoms with E-state index in [-0.39, 0.29) is 47.8 Å². The normalized spacial score (nSPS) is 12.2. The van der Waals surface area contributed by atoms with Gasteiger partial charge in [-0.15, -0.1) is 20.4 Å². The Balaban J connectivity index is 0.000000221. The summed E-state index contributed by atoms with van der Waals surface area (Å²) < 4.78 is 117. The van der Waals surface area contributed by atoms with Gasteiger partial charge >= 0.3 is 0 Å². The van der Waals surface area contributed by atoms with Crippen LogP contribution in [0.2, 0.25) is 0 Å². The highest BCUT2D eigenvalue weighted by atomic mass is 32.2. The number of sulfone groups is 2. The Kier molecular flexibility index (Phi) is 18.1. The van der Waals surface area contributed by atoms with Crippen molar-refractivity contribution in [2.75, 3.05) is 41.7 Å². The third kappa shape index (κ3) is 13.0. The van der Waals surface area contributed by atoms with Gasteiger partial charge in [0.2, 0.25) is 11.8 Å². The minimum Gasteiger partial charge on any atom is -0.494 e. The van der Waals surface area contributed by atoms with Crippen molar-refractivity contribution in [3.05, 3.63) is 133 Å². The summed E-state index contributed by atoms with van der Waals surface area (Å²) in [5, 5.41) is 15.3. The molecule has 0 N–H and O–H groups in total. The quantitative estimate of drug-likeness (QED) is 0.0707. The van der Waals surface area contributed by atoms with Crippen LogP contribution in [0.1, 0.15) is 51.0 Å². The lowest BCUT2D eigenvalue weighted by Gasteiger charge is -2.18. The predicted molar refractivity (Wildman–Crippen MR) is 273 cm³/mol. The molecule has 6 heterocycles. The largest absolute Gasteiger partial charge is 0.494 e. The molecule has 2 atom stereocenters. The zero-order chi connectivity index (χ0) is 54.6. The van der Waals surface area contributed by atoms with E-state index in [1.807, 2.05) is 13.8 Å². The van der Waals surface area contributed by atoms with Gasteiger partial charge < -0.3 is 28.4 Å². The highest BCUT2D eigenvalue weighted by molar-refractivity contribution is 7.91. The van der Waals surface area contributed by atoms with Gasteiger partial charge in [0.25, 0.3) is 0 Å². The number of hydrogen-bond donors (Lipinski definition) is 0. The van der Waals surface area contributed by atoms with Crippen molar-refractivity contribution in [1.29, 1.82) is 0 Å². The van der Waals surface area contributed by atoms with Crippen molar-refractivity contribution in [3.8, 4) is 69.2 Å². The van der Waals surface area contributed by atoms with Crippen LogP contribution in [-0.2, 0) is 44.0 Å². The molecule has 400 valence electrons. The fraction of sp³-hybridized carbons (Fsp3) is 0.320. The number of ether oxygens (including phenoxy) is 6. The van der Waals surface area contributed by atoms with Crippen LogP contribution in [0.3, 0.4) is 0 Å². The Hall–Kier alpha value is -8.26. The number of rotatable bonds is 22. The van der Waals surface area contributed by atoms with Crippen molar-refractivity contribution in [2.24, 2.45) is 0 Å². The summed E-state index contributed by atoms with van der Waals surface area (Å²) in [4.78, 5) is 24.5. The lowest BCUT2D eigenvalue weighted by atomic mass is 10.2. The maximum atomic E-state index is 13.4. The molecule has 0 bridgehead atoms. The number of para-hydroxylation sites is 2. The van der Waals surface area contributed by atoms with Gasteiger partial charge in [0.1, 0.15) is 68.9 Å². The molecule has 22 nitrogen and oxygen atoms in total. The lowest BCUT2D eigenvalue weighted by Crippen LogP contribution is -2.24. The van der Waals surface area contributed by atoms with E-state index in [9.17, 15) is 25.6 Å². The second-order valence-corrected chi connectivity index (χ2v) is 21.3. The summed E-state index contributed by atoms with van der Waals surface area (Å²) >= 11 is 0. The fourth-order valence-electron chi connectivity index (χ4n) is 7.56. The Bertz CT molecular complexity index is 3210. The summed E-state index contributed by atoms with van der Waals surface area (Å²) in [7, 11) is -1.61. The van der Waals surface area contributed by atoms with Gasteiger partial charge in [0, 0.05) is 25.0 Å². The number of nitrogens with zero attached hydrogens (tertiary/aromatic N) is 12. The SMILES string of the molecule is CCOc1cccc(-c2nnc(CS(=O)(=O)[C@@H](C)Cc3ncc(F)cn3)n2-c2c(OC)cccc2OC)n1.CCOc1cccc(-c2nnc(CS(=O)(=O)[C@H](C)Cc3ncc(F)cn3)n2-c2c(OC)cccc2OC)n1. The molecule has 0 fully saturated rings. The van der Waals surface area contributed by atoms with E-state index in [4.69, 9.17) is 28.4 Å². The summed E-state index contributed by atoms with van der Waals surface area (Å²) in [6.45, 7) is 7.61. The minimum atomic E-state index is -3.80. The molecule has 0 unspecified atom stereocenters. The zero-order valence-corrected chi connectivity index (χ0v) is 44.3. The molecule has 0 spiro atoms. The van der Waals surface area contributed by atoms with E-state index < -0.39 is 53.3 Å². The number of halogens is 2. The third-order valence-electron chi connectivity index (χ3n) is 11.4. The number of pyridine rings is 2. The minimum absolute atomic E-state index is 0.000452. The molecule has 6 aromatic heterocycles. The first-order valence-corrected chi connectivity index (χ1v) is 26.8. The first kappa shape index (κ1) is 55.5. The lowest BCUT2D eigenvalue weighted by molar-refractivity contribution is 0.327. The van der Waals surface area contributed by atoms with Gasteiger partial charge in [0.15, 0.2) is 54.6 Å². The summed E-state index contributed by atoms with van der Waals surface area (Å²) in [6, 6.07) is 20.8. The van der Waals surface area contributed by atoms with Crippen LogP contribution < -0.4 is 28.4 Å². The molecule has 2 aromatic carbocycles. The predicted octanol–water partition coefficient (Wildman–Crippen LogP) is 6.44. The second-order valence-electron chi connectivity index (χ2n) is 16.4. The van der Waals surface area contributed by atoms with Gasteiger partial charge in [-0.2, -0.15) is 0 Å². The highest BCUT2D eigenvalue weighted by Crippen LogP contribution is 2.38. The Morgan fingerprint density at radius 3 is 1.14 bits per heavy atom. The number of methoxy groups -OCH3 is 4. The smallest absolute Gasteiger partial charge is 0.213 e. The molecule has 8 aromatic rings. The van der Waals surface area contributed by atoms with Gasteiger partial charge in [-0.1, -0.05) is 24.3 Å². The molecule has 0 saturated carbocycles. The molecule has 26 heteroatoms. The molecule has 8 rings (SSSR count). The first-order valence-electron chi connectivity index (χ1n) is 23.4. The maximum absolute atomic E-state index is 13.4. The van der Waals surface area contributed by atoms with Crippen LogP contribution in [0.4, 0.5) is 8.78 Å². The van der Waals surface area contributed by atoms with Gasteiger partial charge in [-0.25, -0.2) is 55.5 Å². The molecule has 0 aliphatic rings. The average Bonchev–Trinajstić information content (AvgIpc) is 4.03. The van der Waals surface area contributed by atoms with E-state index in [0.29, 0.717) is 70.7 Å². The van der Waals surface area contributed by atoms with E-state index in [0.717, 1.165) is 24.8 Å². The van der Waals surface area contributed by atoms with E-state index in [2.05, 4.69) is 50.3 Å². The first-order chi connectivity index (χ1) is 36.5. The van der Waals surface area contributed by atoms with Crippen LogP contribution in [0, 0.1) is 11.6 Å². The second kappa shape index (κ2) is 24.8. The molecular weight excluding hydrogens is 1030 g/mol. The monoisotopic (exact) mass is 1080 g/mol. The number of benzene rings is 2. The molecule has 0 saturated heterocycles. The van der Waals surface area contributed by atoms with Crippen molar-refractivity contribution in [1.82, 2.24) is 59.4 Å². The Labute approximate surface area is 437 Å². The van der Waals surface area contributed by atoms with E-state index >= 15 is 0 Å². The highest BCUT2D eigenvalue weighted by Gasteiger charge is 2.32. The van der Waals surface area contributed by atoms with E-state index in [1.54, 1.807) is 95.8 Å².